The van der Waals surface area contributed by atoms with Crippen molar-refractivity contribution in [2.24, 2.45) is 0 Å². The Morgan fingerprint density at radius 3 is 2.62 bits per heavy atom. The first kappa shape index (κ1) is 16.4. The fourth-order valence-electron chi connectivity index (χ4n) is 2.37. The third-order valence-corrected chi connectivity index (χ3v) is 5.11. The lowest BCUT2D eigenvalue weighted by Gasteiger charge is -2.19. The monoisotopic (exact) mass is 319 g/mol. The number of nitrogens with one attached hydrogen (secondary N) is 1. The van der Waals surface area contributed by atoms with Crippen LogP contribution in [-0.4, -0.2) is 12.8 Å². The smallest absolute Gasteiger partial charge is 0.0446 e. The lowest BCUT2D eigenvalue weighted by Crippen LogP contribution is -2.20. The number of benzene rings is 2. The van der Waals surface area contributed by atoms with E-state index in [1.54, 1.807) is 0 Å². The molecule has 0 fully saturated rings. The zero-order valence-corrected chi connectivity index (χ0v) is 14.4. The van der Waals surface area contributed by atoms with Gasteiger partial charge in [0, 0.05) is 22.6 Å². The molecule has 1 N–H and O–H groups in total. The van der Waals surface area contributed by atoms with E-state index >= 15 is 0 Å². The summed E-state index contributed by atoms with van der Waals surface area (Å²) in [4.78, 5) is 0. The Balaban J connectivity index is 2.00. The van der Waals surface area contributed by atoms with Crippen LogP contribution in [0.4, 0.5) is 0 Å². The molecule has 2 aromatic carbocycles. The highest BCUT2D eigenvalue weighted by Crippen LogP contribution is 2.26. The molecule has 0 aromatic heterocycles. The van der Waals surface area contributed by atoms with Crippen molar-refractivity contribution >= 4 is 23.4 Å². The van der Waals surface area contributed by atoms with E-state index in [0.29, 0.717) is 6.04 Å². The first-order valence-corrected chi connectivity index (χ1v) is 8.70. The molecule has 0 saturated heterocycles. The van der Waals surface area contributed by atoms with Crippen molar-refractivity contribution in [1.82, 2.24) is 5.32 Å². The van der Waals surface area contributed by atoms with Crippen LogP contribution in [0.3, 0.4) is 0 Å². The molecular formula is C18H22ClNS. The molecule has 0 saturated carbocycles. The minimum Gasteiger partial charge on any atom is -0.312 e. The van der Waals surface area contributed by atoms with Gasteiger partial charge in [-0.3, -0.25) is 0 Å². The Kier molecular flexibility index (Phi) is 6.16. The summed E-state index contributed by atoms with van der Waals surface area (Å²) in [6.07, 6.45) is 0. The van der Waals surface area contributed by atoms with E-state index in [9.17, 15) is 0 Å². The standard InChI is InChI=1S/C18H22ClNS/c1-13-8-9-14(2)16(10-13)18(20-3)12-21-11-15-6-4-5-7-17(15)19/h4-10,18,20H,11-12H2,1-3H3. The van der Waals surface area contributed by atoms with Gasteiger partial charge in [-0.25, -0.2) is 0 Å². The van der Waals surface area contributed by atoms with Crippen LogP contribution in [0.1, 0.15) is 28.3 Å². The van der Waals surface area contributed by atoms with Gasteiger partial charge in [-0.1, -0.05) is 53.6 Å². The molecule has 0 aliphatic heterocycles. The molecule has 1 unspecified atom stereocenters. The second-order valence-electron chi connectivity index (χ2n) is 5.31. The van der Waals surface area contributed by atoms with Gasteiger partial charge in [0.15, 0.2) is 0 Å². The molecular weight excluding hydrogens is 298 g/mol. The van der Waals surface area contributed by atoms with Gasteiger partial charge in [-0.2, -0.15) is 11.8 Å². The van der Waals surface area contributed by atoms with Crippen molar-refractivity contribution in [3.05, 3.63) is 69.7 Å². The number of aryl methyl sites for hydroxylation is 2. The van der Waals surface area contributed by atoms with E-state index in [1.165, 1.54) is 22.3 Å². The molecule has 0 bridgehead atoms. The van der Waals surface area contributed by atoms with Crippen molar-refractivity contribution in [3.63, 3.8) is 0 Å². The van der Waals surface area contributed by atoms with E-state index in [0.717, 1.165) is 16.5 Å². The van der Waals surface area contributed by atoms with Crippen LogP contribution in [0.2, 0.25) is 5.02 Å². The fraction of sp³-hybridized carbons (Fsp3) is 0.333. The number of hydrogen-bond acceptors (Lipinski definition) is 2. The normalized spacial score (nSPS) is 12.4. The van der Waals surface area contributed by atoms with E-state index < -0.39 is 0 Å². The van der Waals surface area contributed by atoms with E-state index in [1.807, 2.05) is 37.0 Å². The summed E-state index contributed by atoms with van der Waals surface area (Å²) in [5.41, 5.74) is 5.26. The highest BCUT2D eigenvalue weighted by atomic mass is 35.5. The minimum absolute atomic E-state index is 0.373. The molecule has 112 valence electrons. The summed E-state index contributed by atoms with van der Waals surface area (Å²) in [5.74, 6) is 1.98. The van der Waals surface area contributed by atoms with Crippen molar-refractivity contribution in [2.75, 3.05) is 12.8 Å². The van der Waals surface area contributed by atoms with Gasteiger partial charge >= 0.3 is 0 Å². The minimum atomic E-state index is 0.373. The topological polar surface area (TPSA) is 12.0 Å². The maximum atomic E-state index is 6.21. The van der Waals surface area contributed by atoms with Crippen LogP contribution < -0.4 is 5.32 Å². The Morgan fingerprint density at radius 1 is 1.14 bits per heavy atom. The molecule has 2 aromatic rings. The zero-order chi connectivity index (χ0) is 15.2. The summed E-state index contributed by atoms with van der Waals surface area (Å²) in [6.45, 7) is 4.32. The summed E-state index contributed by atoms with van der Waals surface area (Å²) < 4.78 is 0. The van der Waals surface area contributed by atoms with Gasteiger partial charge in [0.25, 0.3) is 0 Å². The average molecular weight is 320 g/mol. The van der Waals surface area contributed by atoms with Gasteiger partial charge in [-0.05, 0) is 43.7 Å². The summed E-state index contributed by atoms with van der Waals surface area (Å²) in [7, 11) is 2.03. The van der Waals surface area contributed by atoms with Gasteiger partial charge < -0.3 is 5.32 Å². The molecule has 21 heavy (non-hydrogen) atoms. The summed E-state index contributed by atoms with van der Waals surface area (Å²) in [6, 6.07) is 15.1. The lowest BCUT2D eigenvalue weighted by atomic mass is 10.0. The first-order valence-electron chi connectivity index (χ1n) is 7.17. The van der Waals surface area contributed by atoms with Gasteiger partial charge in [0.2, 0.25) is 0 Å². The second-order valence-corrected chi connectivity index (χ2v) is 6.75. The van der Waals surface area contributed by atoms with Crippen molar-refractivity contribution in [1.29, 1.82) is 0 Å². The molecule has 0 radical (unpaired) electrons. The van der Waals surface area contributed by atoms with E-state index in [4.69, 9.17) is 11.6 Å². The molecule has 0 aliphatic carbocycles. The number of halogens is 1. The van der Waals surface area contributed by atoms with Crippen LogP contribution in [0.15, 0.2) is 42.5 Å². The third kappa shape index (κ3) is 4.50. The highest BCUT2D eigenvalue weighted by Gasteiger charge is 2.12. The molecule has 0 spiro atoms. The molecule has 2 rings (SSSR count). The SMILES string of the molecule is CNC(CSCc1ccccc1Cl)c1cc(C)ccc1C. The van der Waals surface area contributed by atoms with Crippen molar-refractivity contribution in [2.45, 2.75) is 25.6 Å². The zero-order valence-electron chi connectivity index (χ0n) is 12.8. The van der Waals surface area contributed by atoms with Gasteiger partial charge in [-0.15, -0.1) is 0 Å². The molecule has 3 heteroatoms. The van der Waals surface area contributed by atoms with Crippen LogP contribution >= 0.6 is 23.4 Å². The van der Waals surface area contributed by atoms with E-state index in [-0.39, 0.29) is 0 Å². The van der Waals surface area contributed by atoms with Gasteiger partial charge in [0.1, 0.15) is 0 Å². The van der Waals surface area contributed by atoms with Crippen molar-refractivity contribution < 1.29 is 0 Å². The molecule has 0 heterocycles. The Labute approximate surface area is 137 Å². The Bertz CT molecular complexity index is 598. The number of rotatable bonds is 6. The summed E-state index contributed by atoms with van der Waals surface area (Å²) >= 11 is 8.12. The van der Waals surface area contributed by atoms with Gasteiger partial charge in [0.05, 0.1) is 0 Å². The third-order valence-electron chi connectivity index (χ3n) is 3.66. The van der Waals surface area contributed by atoms with Crippen LogP contribution in [0, 0.1) is 13.8 Å². The predicted molar refractivity (Wildman–Crippen MR) is 95.3 cm³/mol. The summed E-state index contributed by atoms with van der Waals surface area (Å²) in [5, 5.41) is 4.29. The molecule has 1 atom stereocenters. The number of thioether (sulfide) groups is 1. The molecule has 1 nitrogen and oxygen atoms in total. The maximum absolute atomic E-state index is 6.21. The number of hydrogen-bond donors (Lipinski definition) is 1. The van der Waals surface area contributed by atoms with E-state index in [2.05, 4.69) is 43.4 Å². The maximum Gasteiger partial charge on any atom is 0.0446 e. The van der Waals surface area contributed by atoms with Crippen LogP contribution in [-0.2, 0) is 5.75 Å². The first-order chi connectivity index (χ1) is 10.1. The molecule has 0 amide bonds. The lowest BCUT2D eigenvalue weighted by molar-refractivity contribution is 0.657. The van der Waals surface area contributed by atoms with Crippen LogP contribution in [0.25, 0.3) is 0 Å². The molecule has 0 aliphatic rings. The van der Waals surface area contributed by atoms with Crippen molar-refractivity contribution in [3.8, 4) is 0 Å². The predicted octanol–water partition coefficient (Wildman–Crippen LogP) is 5.15. The largest absolute Gasteiger partial charge is 0.312 e. The van der Waals surface area contributed by atoms with Crippen LogP contribution in [0.5, 0.6) is 0 Å². The average Bonchev–Trinajstić information content (AvgIpc) is 2.48. The Hall–Kier alpha value is -0.960. The quantitative estimate of drug-likeness (QED) is 0.790. The highest BCUT2D eigenvalue weighted by molar-refractivity contribution is 7.98. The Morgan fingerprint density at radius 2 is 1.90 bits per heavy atom. The fourth-order valence-corrected chi connectivity index (χ4v) is 3.82. The second kappa shape index (κ2) is 7.88.